The molecule has 1 fully saturated rings. The van der Waals surface area contributed by atoms with Crippen LogP contribution in [0.4, 0.5) is 20.6 Å². The van der Waals surface area contributed by atoms with Crippen molar-refractivity contribution in [3.63, 3.8) is 0 Å². The van der Waals surface area contributed by atoms with Gasteiger partial charge in [-0.2, -0.15) is 5.10 Å². The molecule has 0 radical (unpaired) electrons. The largest absolute Gasteiger partial charge is 0.474 e. The first-order chi connectivity index (χ1) is 13.6. The quantitative estimate of drug-likeness (QED) is 0.712. The lowest BCUT2D eigenvalue weighted by molar-refractivity contribution is -0.118. The number of aliphatic imine (C=N–C) groups is 1. The highest BCUT2D eigenvalue weighted by molar-refractivity contribution is 5.91. The standard InChI is InChI=1S/C18H18FN5O4/c19-15-8-13(3-4-16(15)22-6-7-23(12-25)21-11-22)24-9-14(28-18(24)26)10-27-17-2-1-5-20-17/h1-4,8,11-12,14H,5-7,9-10H2. The van der Waals surface area contributed by atoms with Crippen LogP contribution in [-0.4, -0.2) is 68.6 Å². The lowest BCUT2D eigenvalue weighted by atomic mass is 10.2. The van der Waals surface area contributed by atoms with Gasteiger partial charge in [-0.15, -0.1) is 0 Å². The summed E-state index contributed by atoms with van der Waals surface area (Å²) < 4.78 is 25.4. The molecule has 1 aromatic carbocycles. The van der Waals surface area contributed by atoms with Crippen LogP contribution >= 0.6 is 0 Å². The van der Waals surface area contributed by atoms with Crippen LogP contribution < -0.4 is 9.80 Å². The molecule has 0 aromatic heterocycles. The molecule has 1 saturated heterocycles. The van der Waals surface area contributed by atoms with E-state index in [-0.39, 0.29) is 13.2 Å². The van der Waals surface area contributed by atoms with E-state index in [0.717, 1.165) is 0 Å². The molecule has 0 aliphatic carbocycles. The fourth-order valence-corrected chi connectivity index (χ4v) is 3.05. The van der Waals surface area contributed by atoms with Gasteiger partial charge in [0.1, 0.15) is 18.8 Å². The summed E-state index contributed by atoms with van der Waals surface area (Å²) in [6.07, 6.45) is 4.63. The number of amides is 2. The van der Waals surface area contributed by atoms with Crippen molar-refractivity contribution in [2.75, 3.05) is 42.6 Å². The number of carbonyl (C=O) groups is 2. The van der Waals surface area contributed by atoms with Crippen LogP contribution in [-0.2, 0) is 14.3 Å². The Kier molecular flexibility index (Phi) is 4.92. The number of hydrazone groups is 1. The highest BCUT2D eigenvalue weighted by Crippen LogP contribution is 2.28. The minimum atomic E-state index is -0.550. The average Bonchev–Trinajstić information content (AvgIpc) is 3.36. The zero-order chi connectivity index (χ0) is 19.5. The van der Waals surface area contributed by atoms with Crippen molar-refractivity contribution >= 4 is 36.1 Å². The highest BCUT2D eigenvalue weighted by atomic mass is 19.1. The van der Waals surface area contributed by atoms with Gasteiger partial charge in [0.25, 0.3) is 0 Å². The Balaban J connectivity index is 1.41. The molecule has 3 aliphatic rings. The van der Waals surface area contributed by atoms with Crippen LogP contribution in [0, 0.1) is 5.82 Å². The molecule has 0 bridgehead atoms. The number of anilines is 2. The highest BCUT2D eigenvalue weighted by Gasteiger charge is 2.33. The second-order valence-electron chi connectivity index (χ2n) is 6.34. The van der Waals surface area contributed by atoms with Gasteiger partial charge in [-0.1, -0.05) is 6.08 Å². The number of hydrogen-bond donors (Lipinski definition) is 0. The van der Waals surface area contributed by atoms with E-state index >= 15 is 0 Å². The summed E-state index contributed by atoms with van der Waals surface area (Å²) in [5, 5.41) is 5.14. The number of nitrogens with zero attached hydrogens (tertiary/aromatic N) is 5. The van der Waals surface area contributed by atoms with Gasteiger partial charge in [0.05, 0.1) is 31.0 Å². The van der Waals surface area contributed by atoms with E-state index in [0.29, 0.717) is 43.3 Å². The predicted octanol–water partition coefficient (Wildman–Crippen LogP) is 1.36. The maximum Gasteiger partial charge on any atom is 0.414 e. The average molecular weight is 387 g/mol. The molecule has 4 rings (SSSR count). The Morgan fingerprint density at radius 1 is 1.36 bits per heavy atom. The van der Waals surface area contributed by atoms with E-state index < -0.39 is 18.0 Å². The topological polar surface area (TPSA) is 87.0 Å². The number of cyclic esters (lactones) is 1. The van der Waals surface area contributed by atoms with Gasteiger partial charge in [0, 0.05) is 6.54 Å². The molecule has 1 unspecified atom stereocenters. The third kappa shape index (κ3) is 3.66. The zero-order valence-electron chi connectivity index (χ0n) is 14.9. The maximum absolute atomic E-state index is 14.6. The Morgan fingerprint density at radius 3 is 2.93 bits per heavy atom. The predicted molar refractivity (Wildman–Crippen MR) is 100 cm³/mol. The van der Waals surface area contributed by atoms with Crippen LogP contribution in [0.5, 0.6) is 0 Å². The van der Waals surface area contributed by atoms with Gasteiger partial charge in [0.2, 0.25) is 12.3 Å². The van der Waals surface area contributed by atoms with Crippen LogP contribution in [0.2, 0.25) is 0 Å². The van der Waals surface area contributed by atoms with Crippen molar-refractivity contribution in [1.82, 2.24) is 5.01 Å². The number of hydrogen-bond acceptors (Lipinski definition) is 7. The molecule has 3 aliphatic heterocycles. The fourth-order valence-electron chi connectivity index (χ4n) is 3.05. The summed E-state index contributed by atoms with van der Waals surface area (Å²) in [6, 6.07) is 4.50. The summed E-state index contributed by atoms with van der Waals surface area (Å²) in [5.74, 6) is 0.0164. The van der Waals surface area contributed by atoms with Crippen LogP contribution in [0.25, 0.3) is 0 Å². The summed E-state index contributed by atoms with van der Waals surface area (Å²) >= 11 is 0. The fraction of sp³-hybridized carbons (Fsp3) is 0.333. The lowest BCUT2D eigenvalue weighted by Gasteiger charge is -2.27. The summed E-state index contributed by atoms with van der Waals surface area (Å²) in [5.41, 5.74) is 0.715. The lowest BCUT2D eigenvalue weighted by Crippen LogP contribution is -2.37. The van der Waals surface area contributed by atoms with Gasteiger partial charge in [0.15, 0.2) is 6.10 Å². The van der Waals surface area contributed by atoms with Crippen molar-refractivity contribution in [2.45, 2.75) is 6.10 Å². The molecule has 28 heavy (non-hydrogen) atoms. The van der Waals surface area contributed by atoms with Gasteiger partial charge >= 0.3 is 6.09 Å². The number of rotatable bonds is 5. The maximum atomic E-state index is 14.6. The van der Waals surface area contributed by atoms with Crippen LogP contribution in [0.15, 0.2) is 40.4 Å². The van der Waals surface area contributed by atoms with Crippen molar-refractivity contribution in [3.05, 3.63) is 36.2 Å². The number of benzene rings is 1. The summed E-state index contributed by atoms with van der Waals surface area (Å²) in [6.45, 7) is 1.81. The smallest absolute Gasteiger partial charge is 0.414 e. The molecular weight excluding hydrogens is 369 g/mol. The monoisotopic (exact) mass is 387 g/mol. The summed E-state index contributed by atoms with van der Waals surface area (Å²) in [4.78, 5) is 29.9. The Morgan fingerprint density at radius 2 is 2.25 bits per heavy atom. The minimum absolute atomic E-state index is 0.184. The second kappa shape index (κ2) is 7.67. The van der Waals surface area contributed by atoms with Crippen molar-refractivity contribution in [1.29, 1.82) is 0 Å². The van der Waals surface area contributed by atoms with E-state index in [1.54, 1.807) is 23.1 Å². The third-order valence-corrected chi connectivity index (χ3v) is 4.49. The van der Waals surface area contributed by atoms with E-state index in [4.69, 9.17) is 9.47 Å². The molecule has 3 heterocycles. The first-order valence-electron chi connectivity index (χ1n) is 8.78. The molecule has 1 atom stereocenters. The molecule has 0 spiro atoms. The Bertz CT molecular complexity index is 872. The number of ether oxygens (including phenoxy) is 2. The van der Waals surface area contributed by atoms with Gasteiger partial charge in [-0.05, 0) is 24.3 Å². The van der Waals surface area contributed by atoms with E-state index in [1.807, 2.05) is 6.08 Å². The van der Waals surface area contributed by atoms with Gasteiger partial charge in [-0.25, -0.2) is 19.2 Å². The minimum Gasteiger partial charge on any atom is -0.474 e. The SMILES string of the molecule is O=CN1CCN(c2ccc(N3CC(COC4=NCC=C4)OC3=O)cc2F)C=N1. The number of halogens is 1. The zero-order valence-corrected chi connectivity index (χ0v) is 14.9. The molecule has 9 nitrogen and oxygen atoms in total. The van der Waals surface area contributed by atoms with Crippen LogP contribution in [0.1, 0.15) is 0 Å². The van der Waals surface area contributed by atoms with Crippen molar-refractivity contribution in [3.8, 4) is 0 Å². The molecule has 2 amide bonds. The van der Waals surface area contributed by atoms with Gasteiger partial charge in [-0.3, -0.25) is 9.69 Å². The molecule has 146 valence electrons. The molecule has 0 N–H and O–H groups in total. The van der Waals surface area contributed by atoms with Crippen molar-refractivity contribution in [2.24, 2.45) is 10.1 Å². The number of carbonyl (C=O) groups excluding carboxylic acids is 2. The second-order valence-corrected chi connectivity index (χ2v) is 6.34. The molecule has 0 saturated carbocycles. The normalized spacial score (nSPS) is 21.2. The van der Waals surface area contributed by atoms with E-state index in [2.05, 4.69) is 10.1 Å². The van der Waals surface area contributed by atoms with E-state index in [9.17, 15) is 14.0 Å². The molecule has 1 aromatic rings. The Hall–Kier alpha value is -3.43. The van der Waals surface area contributed by atoms with Crippen molar-refractivity contribution < 1.29 is 23.5 Å². The van der Waals surface area contributed by atoms with E-state index in [1.165, 1.54) is 22.3 Å². The third-order valence-electron chi connectivity index (χ3n) is 4.49. The first kappa shape index (κ1) is 18.0. The van der Waals surface area contributed by atoms with Crippen LogP contribution in [0.3, 0.4) is 0 Å². The molecular formula is C18H18FN5O4. The Labute approximate surface area is 160 Å². The van der Waals surface area contributed by atoms with Gasteiger partial charge < -0.3 is 14.4 Å². The first-order valence-corrected chi connectivity index (χ1v) is 8.78. The summed E-state index contributed by atoms with van der Waals surface area (Å²) in [7, 11) is 0. The molecule has 10 heteroatoms.